The van der Waals surface area contributed by atoms with E-state index in [1.54, 1.807) is 13.8 Å². The highest BCUT2D eigenvalue weighted by Gasteiger charge is 2.24. The van der Waals surface area contributed by atoms with Crippen LogP contribution < -0.4 is 9.62 Å². The van der Waals surface area contributed by atoms with Gasteiger partial charge in [0, 0.05) is 31.0 Å². The van der Waals surface area contributed by atoms with Gasteiger partial charge in [0.15, 0.2) is 0 Å². The van der Waals surface area contributed by atoms with Gasteiger partial charge in [-0.1, -0.05) is 0 Å². The highest BCUT2D eigenvalue weighted by Crippen LogP contribution is 2.20. The van der Waals surface area contributed by atoms with Crippen LogP contribution in [-0.4, -0.2) is 43.3 Å². The molecule has 1 aliphatic rings. The molecule has 1 N–H and O–H groups in total. The maximum absolute atomic E-state index is 11.9. The second-order valence-electron chi connectivity index (χ2n) is 6.35. The molecule has 7 heteroatoms. The maximum Gasteiger partial charge on any atom is 0.225 e. The molecule has 1 aromatic rings. The van der Waals surface area contributed by atoms with Crippen molar-refractivity contribution >= 4 is 16.0 Å². The quantitative estimate of drug-likeness (QED) is 0.890. The van der Waals surface area contributed by atoms with Crippen LogP contribution in [0.25, 0.3) is 0 Å². The molecule has 0 saturated carbocycles. The molecule has 124 valence electrons. The SMILES string of the molecule is Cc1cc(C)nc(N2CCC[C@H](CNS(=O)(=O)C(C)C)C2)n1. The van der Waals surface area contributed by atoms with E-state index in [9.17, 15) is 8.42 Å². The minimum Gasteiger partial charge on any atom is -0.340 e. The maximum atomic E-state index is 11.9. The van der Waals surface area contributed by atoms with E-state index in [1.165, 1.54) is 0 Å². The number of aromatic nitrogens is 2. The molecule has 1 aliphatic heterocycles. The number of piperidine rings is 1. The lowest BCUT2D eigenvalue weighted by Gasteiger charge is -2.33. The van der Waals surface area contributed by atoms with Crippen LogP contribution in [0.15, 0.2) is 6.07 Å². The summed E-state index contributed by atoms with van der Waals surface area (Å²) in [5.41, 5.74) is 1.93. The van der Waals surface area contributed by atoms with Crippen LogP contribution in [-0.2, 0) is 10.0 Å². The summed E-state index contributed by atoms with van der Waals surface area (Å²) in [4.78, 5) is 11.2. The van der Waals surface area contributed by atoms with Crippen molar-refractivity contribution in [3.05, 3.63) is 17.5 Å². The third-order valence-electron chi connectivity index (χ3n) is 3.97. The molecule has 1 aromatic heterocycles. The molecule has 0 radical (unpaired) electrons. The number of anilines is 1. The van der Waals surface area contributed by atoms with Crippen LogP contribution >= 0.6 is 0 Å². The molecule has 0 aliphatic carbocycles. The van der Waals surface area contributed by atoms with Crippen LogP contribution in [0.3, 0.4) is 0 Å². The van der Waals surface area contributed by atoms with Crippen molar-refractivity contribution < 1.29 is 8.42 Å². The zero-order valence-corrected chi connectivity index (χ0v) is 14.7. The summed E-state index contributed by atoms with van der Waals surface area (Å²) in [6, 6.07) is 1.96. The second-order valence-corrected chi connectivity index (χ2v) is 8.67. The van der Waals surface area contributed by atoms with Gasteiger partial charge in [0.2, 0.25) is 16.0 Å². The minimum atomic E-state index is -3.19. The average Bonchev–Trinajstić information content (AvgIpc) is 2.44. The Labute approximate surface area is 133 Å². The molecule has 0 aromatic carbocycles. The Morgan fingerprint density at radius 3 is 2.55 bits per heavy atom. The van der Waals surface area contributed by atoms with Crippen molar-refractivity contribution in [3.8, 4) is 0 Å². The van der Waals surface area contributed by atoms with Gasteiger partial charge >= 0.3 is 0 Å². The zero-order chi connectivity index (χ0) is 16.3. The van der Waals surface area contributed by atoms with E-state index in [-0.39, 0.29) is 0 Å². The standard InChI is InChI=1S/C15H26N4O2S/c1-11(2)22(20,21)16-9-14-6-5-7-19(10-14)15-17-12(3)8-13(4)18-15/h8,11,14,16H,5-7,9-10H2,1-4H3/t14-/m1/s1. The van der Waals surface area contributed by atoms with E-state index in [0.29, 0.717) is 12.5 Å². The van der Waals surface area contributed by atoms with Crippen LogP contribution in [0.2, 0.25) is 0 Å². The van der Waals surface area contributed by atoms with Gasteiger partial charge in [-0.3, -0.25) is 0 Å². The molecular formula is C15H26N4O2S. The monoisotopic (exact) mass is 326 g/mol. The molecule has 2 rings (SSSR count). The summed E-state index contributed by atoms with van der Waals surface area (Å²) in [5.74, 6) is 1.06. The molecule has 22 heavy (non-hydrogen) atoms. The van der Waals surface area contributed by atoms with Crippen molar-refractivity contribution in [1.29, 1.82) is 0 Å². The van der Waals surface area contributed by atoms with Crippen LogP contribution in [0, 0.1) is 19.8 Å². The fourth-order valence-electron chi connectivity index (χ4n) is 2.66. The number of nitrogens with zero attached hydrogens (tertiary/aromatic N) is 3. The number of aryl methyl sites for hydroxylation is 2. The highest BCUT2D eigenvalue weighted by atomic mass is 32.2. The summed E-state index contributed by atoms with van der Waals surface area (Å²) in [7, 11) is -3.19. The van der Waals surface area contributed by atoms with E-state index in [0.717, 1.165) is 43.3 Å². The van der Waals surface area contributed by atoms with Crippen molar-refractivity contribution in [2.45, 2.75) is 45.8 Å². The Bertz CT molecular complexity index is 596. The zero-order valence-electron chi connectivity index (χ0n) is 13.8. The first-order valence-corrected chi connectivity index (χ1v) is 9.38. The van der Waals surface area contributed by atoms with Gasteiger partial charge in [-0.2, -0.15) is 0 Å². The number of sulfonamides is 1. The Morgan fingerprint density at radius 1 is 1.32 bits per heavy atom. The van der Waals surface area contributed by atoms with Gasteiger partial charge in [0.05, 0.1) is 5.25 Å². The summed E-state index contributed by atoms with van der Waals surface area (Å²) < 4.78 is 26.5. The molecular weight excluding hydrogens is 300 g/mol. The van der Waals surface area contributed by atoms with Gasteiger partial charge in [0.1, 0.15) is 0 Å². The smallest absolute Gasteiger partial charge is 0.225 e. The molecule has 0 bridgehead atoms. The van der Waals surface area contributed by atoms with Gasteiger partial charge in [-0.05, 0) is 52.5 Å². The average molecular weight is 326 g/mol. The molecule has 1 fully saturated rings. The number of hydrogen-bond acceptors (Lipinski definition) is 5. The Morgan fingerprint density at radius 2 is 1.95 bits per heavy atom. The van der Waals surface area contributed by atoms with Crippen molar-refractivity contribution in [3.63, 3.8) is 0 Å². The fraction of sp³-hybridized carbons (Fsp3) is 0.733. The molecule has 2 heterocycles. The molecule has 0 spiro atoms. The molecule has 1 atom stereocenters. The summed E-state index contributed by atoms with van der Waals surface area (Å²) in [6.07, 6.45) is 2.06. The minimum absolute atomic E-state index is 0.298. The molecule has 0 amide bonds. The fourth-order valence-corrected chi connectivity index (χ4v) is 3.46. The van der Waals surface area contributed by atoms with E-state index in [4.69, 9.17) is 0 Å². The number of hydrogen-bond donors (Lipinski definition) is 1. The second kappa shape index (κ2) is 6.91. The molecule has 1 saturated heterocycles. The largest absolute Gasteiger partial charge is 0.340 e. The Hall–Kier alpha value is -1.21. The number of nitrogens with one attached hydrogen (secondary N) is 1. The van der Waals surface area contributed by atoms with E-state index < -0.39 is 15.3 Å². The topological polar surface area (TPSA) is 75.2 Å². The lowest BCUT2D eigenvalue weighted by atomic mass is 9.99. The predicted octanol–water partition coefficient (Wildman–Crippen LogP) is 1.64. The highest BCUT2D eigenvalue weighted by molar-refractivity contribution is 7.90. The van der Waals surface area contributed by atoms with Crippen molar-refractivity contribution in [1.82, 2.24) is 14.7 Å². The van der Waals surface area contributed by atoms with Crippen LogP contribution in [0.1, 0.15) is 38.1 Å². The normalized spacial score (nSPS) is 19.7. The van der Waals surface area contributed by atoms with E-state index >= 15 is 0 Å². The van der Waals surface area contributed by atoms with Gasteiger partial charge in [-0.25, -0.2) is 23.1 Å². The lowest BCUT2D eigenvalue weighted by Crippen LogP contribution is -2.43. The van der Waals surface area contributed by atoms with Gasteiger partial charge in [0.25, 0.3) is 0 Å². The van der Waals surface area contributed by atoms with Gasteiger partial charge in [-0.15, -0.1) is 0 Å². The third-order valence-corrected chi connectivity index (χ3v) is 5.78. The molecule has 0 unspecified atom stereocenters. The first-order valence-electron chi connectivity index (χ1n) is 7.83. The van der Waals surface area contributed by atoms with Crippen molar-refractivity contribution in [2.75, 3.05) is 24.5 Å². The van der Waals surface area contributed by atoms with E-state index in [2.05, 4.69) is 19.6 Å². The Balaban J connectivity index is 2.00. The Kier molecular flexibility index (Phi) is 5.39. The first-order chi connectivity index (χ1) is 10.3. The van der Waals surface area contributed by atoms with Crippen molar-refractivity contribution in [2.24, 2.45) is 5.92 Å². The summed E-state index contributed by atoms with van der Waals surface area (Å²) in [6.45, 7) is 9.53. The molecule has 6 nitrogen and oxygen atoms in total. The lowest BCUT2D eigenvalue weighted by molar-refractivity contribution is 0.406. The number of rotatable bonds is 5. The third kappa shape index (κ3) is 4.39. The van der Waals surface area contributed by atoms with E-state index in [1.807, 2.05) is 19.9 Å². The predicted molar refractivity (Wildman–Crippen MR) is 88.5 cm³/mol. The summed E-state index contributed by atoms with van der Waals surface area (Å²) in [5, 5.41) is -0.394. The first kappa shape index (κ1) is 17.1. The summed E-state index contributed by atoms with van der Waals surface area (Å²) >= 11 is 0. The van der Waals surface area contributed by atoms with Gasteiger partial charge < -0.3 is 4.90 Å². The van der Waals surface area contributed by atoms with Crippen LogP contribution in [0.5, 0.6) is 0 Å². The van der Waals surface area contributed by atoms with Crippen LogP contribution in [0.4, 0.5) is 5.95 Å².